The second-order valence-electron chi connectivity index (χ2n) is 9.94. The molecule has 0 spiro atoms. The molecule has 0 aromatic heterocycles. The van der Waals surface area contributed by atoms with Crippen LogP contribution in [0.25, 0.3) is 0 Å². The van der Waals surface area contributed by atoms with E-state index in [1.165, 1.54) is 0 Å². The number of benzene rings is 3. The summed E-state index contributed by atoms with van der Waals surface area (Å²) in [5.41, 5.74) is 4.88. The number of ether oxygens (including phenoxy) is 3. The van der Waals surface area contributed by atoms with Gasteiger partial charge in [0.25, 0.3) is 0 Å². The summed E-state index contributed by atoms with van der Waals surface area (Å²) in [4.78, 5) is 27.4. The predicted octanol–water partition coefficient (Wildman–Crippen LogP) is 5.71. The van der Waals surface area contributed by atoms with E-state index in [-0.39, 0.29) is 18.3 Å². The summed E-state index contributed by atoms with van der Waals surface area (Å²) in [7, 11) is 3.23. The first kappa shape index (κ1) is 26.3. The lowest BCUT2D eigenvalue weighted by atomic mass is 9.69. The molecule has 1 N–H and O–H groups in total. The van der Waals surface area contributed by atoms with Gasteiger partial charge in [0, 0.05) is 41.3 Å². The quantitative estimate of drug-likeness (QED) is 0.382. The van der Waals surface area contributed by atoms with E-state index in [0.29, 0.717) is 36.3 Å². The molecule has 2 aliphatic rings. The molecule has 1 aliphatic heterocycles. The van der Waals surface area contributed by atoms with Gasteiger partial charge >= 0.3 is 5.97 Å². The fourth-order valence-corrected chi connectivity index (χ4v) is 5.70. The fraction of sp³-hybridized carbons (Fsp3) is 0.273. The summed E-state index contributed by atoms with van der Waals surface area (Å²) < 4.78 is 16.8. The molecule has 5 rings (SSSR count). The number of hydrogen-bond acceptors (Lipinski definition) is 6. The Labute approximate surface area is 229 Å². The van der Waals surface area contributed by atoms with Gasteiger partial charge in [-0.3, -0.25) is 9.59 Å². The van der Waals surface area contributed by atoms with Crippen LogP contribution < -0.4 is 14.8 Å². The van der Waals surface area contributed by atoms with Crippen molar-refractivity contribution < 1.29 is 23.8 Å². The van der Waals surface area contributed by atoms with Crippen molar-refractivity contribution in [3.63, 3.8) is 0 Å². The molecule has 0 saturated heterocycles. The first-order chi connectivity index (χ1) is 19.0. The third-order valence-corrected chi connectivity index (χ3v) is 7.63. The van der Waals surface area contributed by atoms with Gasteiger partial charge in [0.1, 0.15) is 17.4 Å². The molecule has 0 saturated carbocycles. The van der Waals surface area contributed by atoms with E-state index in [2.05, 4.69) is 11.9 Å². The van der Waals surface area contributed by atoms with Crippen molar-refractivity contribution in [2.24, 2.45) is 5.92 Å². The van der Waals surface area contributed by atoms with E-state index in [4.69, 9.17) is 14.2 Å². The van der Waals surface area contributed by atoms with Crippen LogP contribution in [0.15, 0.2) is 102 Å². The molecule has 0 amide bonds. The van der Waals surface area contributed by atoms with Crippen molar-refractivity contribution in [1.82, 2.24) is 5.32 Å². The molecule has 0 radical (unpaired) electrons. The van der Waals surface area contributed by atoms with Gasteiger partial charge < -0.3 is 19.5 Å². The van der Waals surface area contributed by atoms with Gasteiger partial charge in [0.15, 0.2) is 5.78 Å². The number of methoxy groups -OCH3 is 2. The summed E-state index contributed by atoms with van der Waals surface area (Å²) in [6.45, 7) is 4.48. The number of Topliss-reactive ketones (excluding diaryl/α,β-unsaturated/α-hetero) is 1. The lowest BCUT2D eigenvalue weighted by Crippen LogP contribution is -2.42. The Morgan fingerprint density at radius 1 is 0.923 bits per heavy atom. The highest BCUT2D eigenvalue weighted by atomic mass is 16.5. The smallest absolute Gasteiger partial charge is 0.315 e. The van der Waals surface area contributed by atoms with Gasteiger partial charge in [-0.25, -0.2) is 0 Å². The van der Waals surface area contributed by atoms with E-state index in [0.717, 1.165) is 28.1 Å². The highest BCUT2D eigenvalue weighted by Gasteiger charge is 2.46. The van der Waals surface area contributed by atoms with Crippen LogP contribution in [-0.4, -0.2) is 32.6 Å². The summed E-state index contributed by atoms with van der Waals surface area (Å²) >= 11 is 0. The fourth-order valence-electron chi connectivity index (χ4n) is 5.70. The summed E-state index contributed by atoms with van der Waals surface area (Å²) in [6.07, 6.45) is 1.59. The van der Waals surface area contributed by atoms with Gasteiger partial charge in [-0.1, -0.05) is 67.2 Å². The van der Waals surface area contributed by atoms with E-state index in [1.54, 1.807) is 14.2 Å². The van der Waals surface area contributed by atoms with Gasteiger partial charge in [-0.05, 0) is 41.7 Å². The Balaban J connectivity index is 1.47. The molecule has 0 bridgehead atoms. The maximum atomic E-state index is 13.8. The number of carbonyl (C=O) groups excluding carboxylic acids is 2. The molecule has 39 heavy (non-hydrogen) atoms. The van der Waals surface area contributed by atoms with E-state index in [9.17, 15) is 9.59 Å². The minimum Gasteiger partial charge on any atom is -0.497 e. The Bertz CT molecular complexity index is 1390. The molecule has 6 nitrogen and oxygen atoms in total. The Hall–Kier alpha value is -4.32. The number of allylic oxidation sites excluding steroid dienone is 2. The van der Waals surface area contributed by atoms with Crippen molar-refractivity contribution >= 4 is 11.8 Å². The molecular weight excluding hydrogens is 490 g/mol. The lowest BCUT2D eigenvalue weighted by molar-refractivity contribution is -0.147. The molecule has 200 valence electrons. The third kappa shape index (κ3) is 5.46. The molecule has 1 heterocycles. The molecular formula is C33H33NO5. The zero-order chi connectivity index (χ0) is 27.4. The van der Waals surface area contributed by atoms with Crippen molar-refractivity contribution in [1.29, 1.82) is 0 Å². The van der Waals surface area contributed by atoms with Crippen LogP contribution in [-0.2, 0) is 20.7 Å². The molecule has 1 aliphatic carbocycles. The normalized spacial score (nSPS) is 20.6. The van der Waals surface area contributed by atoms with Crippen LogP contribution >= 0.6 is 0 Å². The van der Waals surface area contributed by atoms with Gasteiger partial charge in [0.2, 0.25) is 0 Å². The van der Waals surface area contributed by atoms with Crippen LogP contribution in [0.2, 0.25) is 0 Å². The predicted molar refractivity (Wildman–Crippen MR) is 150 cm³/mol. The van der Waals surface area contributed by atoms with Crippen LogP contribution in [0.4, 0.5) is 0 Å². The number of ketones is 1. The zero-order valence-electron chi connectivity index (χ0n) is 22.3. The Kier molecular flexibility index (Phi) is 7.82. The second kappa shape index (κ2) is 11.6. The molecule has 3 aromatic carbocycles. The monoisotopic (exact) mass is 523 g/mol. The van der Waals surface area contributed by atoms with Crippen molar-refractivity contribution in [2.75, 3.05) is 20.8 Å². The highest BCUT2D eigenvalue weighted by molar-refractivity contribution is 6.01. The topological polar surface area (TPSA) is 73.9 Å². The molecule has 3 unspecified atom stereocenters. The van der Waals surface area contributed by atoms with Crippen molar-refractivity contribution in [3.05, 3.63) is 119 Å². The first-order valence-corrected chi connectivity index (χ1v) is 13.2. The van der Waals surface area contributed by atoms with E-state index in [1.807, 2.05) is 78.9 Å². The summed E-state index contributed by atoms with van der Waals surface area (Å²) in [5, 5.41) is 3.35. The molecule has 6 heteroatoms. The van der Waals surface area contributed by atoms with Gasteiger partial charge in [0.05, 0.1) is 20.8 Å². The van der Waals surface area contributed by atoms with E-state index < -0.39 is 17.8 Å². The van der Waals surface area contributed by atoms with Crippen LogP contribution in [0.3, 0.4) is 0 Å². The van der Waals surface area contributed by atoms with Crippen LogP contribution in [0.5, 0.6) is 11.5 Å². The Morgan fingerprint density at radius 2 is 1.64 bits per heavy atom. The van der Waals surface area contributed by atoms with Gasteiger partial charge in [-0.15, -0.1) is 0 Å². The maximum Gasteiger partial charge on any atom is 0.315 e. The molecule has 0 fully saturated rings. The average Bonchev–Trinajstić information content (AvgIpc) is 2.96. The second-order valence-corrected chi connectivity index (χ2v) is 9.94. The molecule has 3 atom stereocenters. The number of para-hydroxylation sites is 1. The number of rotatable bonds is 8. The third-order valence-electron chi connectivity index (χ3n) is 7.63. The number of carbonyl (C=O) groups is 2. The average molecular weight is 524 g/mol. The first-order valence-electron chi connectivity index (χ1n) is 13.2. The summed E-state index contributed by atoms with van der Waals surface area (Å²) in [5.74, 6) is -0.317. The minimum absolute atomic E-state index is 0.00931. The van der Waals surface area contributed by atoms with Crippen molar-refractivity contribution in [2.45, 2.75) is 31.1 Å². The Morgan fingerprint density at radius 3 is 2.36 bits per heavy atom. The highest BCUT2D eigenvalue weighted by Crippen LogP contribution is 2.49. The maximum absolute atomic E-state index is 13.8. The van der Waals surface area contributed by atoms with Crippen LogP contribution in [0.1, 0.15) is 41.4 Å². The minimum atomic E-state index is -0.766. The lowest BCUT2D eigenvalue weighted by Gasteiger charge is -2.40. The van der Waals surface area contributed by atoms with Gasteiger partial charge in [-0.2, -0.15) is 0 Å². The zero-order valence-corrected chi connectivity index (χ0v) is 22.3. The number of nitrogens with one attached hydrogen (secondary N) is 1. The largest absolute Gasteiger partial charge is 0.497 e. The SMILES string of the molecule is C=C1NC2=C(C(=O)CC(c3ccc(OC)cc3)C2)C(c2ccccc2OC)C1C(=O)OCCc1ccccc1. The van der Waals surface area contributed by atoms with E-state index >= 15 is 0 Å². The summed E-state index contributed by atoms with van der Waals surface area (Å²) in [6, 6.07) is 25.3. The standard InChI is InChI=1S/C33H33NO5/c1-21-30(33(36)39-18-17-22-9-5-4-6-10-22)31(26-11-7-8-12-29(26)38-3)32-27(34-21)19-24(20-28(32)35)23-13-15-25(37-2)16-14-23/h4-16,24,30-31,34H,1,17-20H2,2-3H3. The number of hydrogen-bond donors (Lipinski definition) is 1. The van der Waals surface area contributed by atoms with Crippen LogP contribution in [0, 0.1) is 5.92 Å². The van der Waals surface area contributed by atoms with Crippen molar-refractivity contribution in [3.8, 4) is 11.5 Å². The number of esters is 1. The molecule has 3 aromatic rings.